The summed E-state index contributed by atoms with van der Waals surface area (Å²) < 4.78 is 1.72. The number of benzene rings is 1. The van der Waals surface area contributed by atoms with Crippen molar-refractivity contribution in [3.63, 3.8) is 0 Å². The van der Waals surface area contributed by atoms with Crippen LogP contribution in [0.3, 0.4) is 0 Å². The SMILES string of the molecule is CCc1nn(C)c(NC(CO)c2ccccc2)c1N. The highest BCUT2D eigenvalue weighted by atomic mass is 16.3. The molecule has 1 aromatic heterocycles. The molecule has 0 aliphatic rings. The predicted octanol–water partition coefficient (Wildman–Crippen LogP) is 1.71. The van der Waals surface area contributed by atoms with Gasteiger partial charge in [0.05, 0.1) is 24.0 Å². The summed E-state index contributed by atoms with van der Waals surface area (Å²) >= 11 is 0. The van der Waals surface area contributed by atoms with E-state index >= 15 is 0 Å². The number of nitrogens with zero attached hydrogens (tertiary/aromatic N) is 2. The van der Waals surface area contributed by atoms with Gasteiger partial charge in [-0.25, -0.2) is 0 Å². The van der Waals surface area contributed by atoms with Crippen molar-refractivity contribution in [1.82, 2.24) is 9.78 Å². The average molecular weight is 260 g/mol. The summed E-state index contributed by atoms with van der Waals surface area (Å²) in [5.41, 5.74) is 8.61. The van der Waals surface area contributed by atoms with Crippen LogP contribution in [0.25, 0.3) is 0 Å². The number of hydrogen-bond donors (Lipinski definition) is 3. The van der Waals surface area contributed by atoms with Crippen LogP contribution in [0.5, 0.6) is 0 Å². The second kappa shape index (κ2) is 5.75. The molecule has 0 aliphatic carbocycles. The molecular weight excluding hydrogens is 240 g/mol. The summed E-state index contributed by atoms with van der Waals surface area (Å²) in [6.07, 6.45) is 0.788. The second-order valence-corrected chi connectivity index (χ2v) is 4.48. The lowest BCUT2D eigenvalue weighted by atomic mass is 10.1. The quantitative estimate of drug-likeness (QED) is 0.765. The first-order valence-electron chi connectivity index (χ1n) is 6.41. The van der Waals surface area contributed by atoms with Gasteiger partial charge in [-0.2, -0.15) is 5.10 Å². The van der Waals surface area contributed by atoms with E-state index in [2.05, 4.69) is 10.4 Å². The van der Waals surface area contributed by atoms with Gasteiger partial charge in [0.25, 0.3) is 0 Å². The molecular formula is C14H20N4O. The number of nitrogens with one attached hydrogen (secondary N) is 1. The number of aromatic nitrogens is 2. The lowest BCUT2D eigenvalue weighted by Gasteiger charge is -2.18. The Morgan fingerprint density at radius 3 is 2.58 bits per heavy atom. The van der Waals surface area contributed by atoms with E-state index in [0.717, 1.165) is 23.5 Å². The van der Waals surface area contributed by atoms with E-state index in [9.17, 15) is 5.11 Å². The Labute approximate surface area is 113 Å². The summed E-state index contributed by atoms with van der Waals surface area (Å²) in [5.74, 6) is 0.750. The fourth-order valence-corrected chi connectivity index (χ4v) is 2.11. The number of rotatable bonds is 5. The molecule has 1 unspecified atom stereocenters. The van der Waals surface area contributed by atoms with Crippen LogP contribution in [-0.4, -0.2) is 21.5 Å². The van der Waals surface area contributed by atoms with Crippen LogP contribution in [-0.2, 0) is 13.5 Å². The van der Waals surface area contributed by atoms with Gasteiger partial charge in [0.2, 0.25) is 0 Å². The average Bonchev–Trinajstić information content (AvgIpc) is 2.72. The normalized spacial score (nSPS) is 12.4. The summed E-state index contributed by atoms with van der Waals surface area (Å²) in [6.45, 7) is 2.01. The van der Waals surface area contributed by atoms with Crippen molar-refractivity contribution in [1.29, 1.82) is 0 Å². The monoisotopic (exact) mass is 260 g/mol. The van der Waals surface area contributed by atoms with Crippen molar-refractivity contribution in [2.24, 2.45) is 7.05 Å². The Morgan fingerprint density at radius 1 is 1.37 bits per heavy atom. The number of nitrogens with two attached hydrogens (primary N) is 1. The highest BCUT2D eigenvalue weighted by Crippen LogP contribution is 2.26. The molecule has 0 fully saturated rings. The molecule has 0 spiro atoms. The lowest BCUT2D eigenvalue weighted by Crippen LogP contribution is -2.17. The third-order valence-corrected chi connectivity index (χ3v) is 3.19. The fraction of sp³-hybridized carbons (Fsp3) is 0.357. The molecule has 1 atom stereocenters. The maximum Gasteiger partial charge on any atom is 0.148 e. The third-order valence-electron chi connectivity index (χ3n) is 3.19. The van der Waals surface area contributed by atoms with E-state index in [4.69, 9.17) is 5.73 Å². The molecule has 5 nitrogen and oxygen atoms in total. The molecule has 19 heavy (non-hydrogen) atoms. The molecule has 4 N–H and O–H groups in total. The first kappa shape index (κ1) is 13.4. The van der Waals surface area contributed by atoms with Gasteiger partial charge in [0, 0.05) is 7.05 Å². The summed E-state index contributed by atoms with van der Waals surface area (Å²) in [4.78, 5) is 0. The molecule has 0 saturated heterocycles. The molecule has 5 heteroatoms. The first-order chi connectivity index (χ1) is 9.17. The molecule has 0 aliphatic heterocycles. The zero-order chi connectivity index (χ0) is 13.8. The molecule has 2 rings (SSSR count). The molecule has 0 amide bonds. The summed E-state index contributed by atoms with van der Waals surface area (Å²) in [7, 11) is 1.84. The second-order valence-electron chi connectivity index (χ2n) is 4.48. The lowest BCUT2D eigenvalue weighted by molar-refractivity contribution is 0.276. The molecule has 0 saturated carbocycles. The van der Waals surface area contributed by atoms with Gasteiger partial charge in [-0.1, -0.05) is 37.3 Å². The van der Waals surface area contributed by atoms with Gasteiger partial charge in [0.15, 0.2) is 0 Å². The number of nitrogen functional groups attached to an aromatic ring is 1. The molecule has 1 heterocycles. The van der Waals surface area contributed by atoms with Crippen LogP contribution >= 0.6 is 0 Å². The highest BCUT2D eigenvalue weighted by molar-refractivity contribution is 5.65. The van der Waals surface area contributed by atoms with Crippen LogP contribution in [0.4, 0.5) is 11.5 Å². The van der Waals surface area contributed by atoms with Crippen molar-refractivity contribution in [3.05, 3.63) is 41.6 Å². The maximum atomic E-state index is 9.55. The van der Waals surface area contributed by atoms with Crippen LogP contribution < -0.4 is 11.1 Å². The van der Waals surface area contributed by atoms with Gasteiger partial charge in [0.1, 0.15) is 5.82 Å². The van der Waals surface area contributed by atoms with Crippen molar-refractivity contribution in [3.8, 4) is 0 Å². The standard InChI is InChI=1S/C14H20N4O/c1-3-11-13(15)14(18(2)17-11)16-12(9-19)10-7-5-4-6-8-10/h4-8,12,16,19H,3,9,15H2,1-2H3. The first-order valence-corrected chi connectivity index (χ1v) is 6.41. The Hall–Kier alpha value is -2.01. The van der Waals surface area contributed by atoms with Gasteiger partial charge in [-0.3, -0.25) is 4.68 Å². The summed E-state index contributed by atoms with van der Waals surface area (Å²) in [6, 6.07) is 9.60. The van der Waals surface area contributed by atoms with Crippen molar-refractivity contribution >= 4 is 11.5 Å². The zero-order valence-electron chi connectivity index (χ0n) is 11.3. The Balaban J connectivity index is 2.26. The van der Waals surface area contributed by atoms with E-state index in [-0.39, 0.29) is 12.6 Å². The number of hydrogen-bond acceptors (Lipinski definition) is 4. The van der Waals surface area contributed by atoms with E-state index in [0.29, 0.717) is 5.69 Å². The number of aliphatic hydroxyl groups excluding tert-OH is 1. The molecule has 102 valence electrons. The van der Waals surface area contributed by atoms with Crippen molar-refractivity contribution in [2.75, 3.05) is 17.7 Å². The largest absolute Gasteiger partial charge is 0.394 e. The van der Waals surface area contributed by atoms with E-state index in [1.54, 1.807) is 4.68 Å². The molecule has 2 aromatic rings. The topological polar surface area (TPSA) is 76.1 Å². The van der Waals surface area contributed by atoms with Gasteiger partial charge < -0.3 is 16.2 Å². The molecule has 1 aromatic carbocycles. The Morgan fingerprint density at radius 2 is 2.05 bits per heavy atom. The third kappa shape index (κ3) is 2.71. The maximum absolute atomic E-state index is 9.55. The number of aliphatic hydroxyl groups is 1. The van der Waals surface area contributed by atoms with E-state index in [1.807, 2.05) is 44.3 Å². The minimum Gasteiger partial charge on any atom is -0.394 e. The molecule has 0 bridgehead atoms. The molecule has 0 radical (unpaired) electrons. The van der Waals surface area contributed by atoms with Crippen LogP contribution in [0.15, 0.2) is 30.3 Å². The fourth-order valence-electron chi connectivity index (χ4n) is 2.11. The predicted molar refractivity (Wildman–Crippen MR) is 76.9 cm³/mol. The Bertz CT molecular complexity index is 536. The van der Waals surface area contributed by atoms with Crippen LogP contribution in [0.2, 0.25) is 0 Å². The van der Waals surface area contributed by atoms with Crippen LogP contribution in [0.1, 0.15) is 24.2 Å². The summed E-state index contributed by atoms with van der Waals surface area (Å²) in [5, 5.41) is 17.2. The van der Waals surface area contributed by atoms with E-state index < -0.39 is 0 Å². The zero-order valence-corrected chi connectivity index (χ0v) is 11.3. The Kier molecular flexibility index (Phi) is 4.06. The smallest absolute Gasteiger partial charge is 0.148 e. The minimum atomic E-state index is -0.191. The number of aryl methyl sites for hydroxylation is 2. The van der Waals surface area contributed by atoms with Crippen molar-refractivity contribution in [2.45, 2.75) is 19.4 Å². The van der Waals surface area contributed by atoms with E-state index in [1.165, 1.54) is 0 Å². The van der Waals surface area contributed by atoms with Crippen molar-refractivity contribution < 1.29 is 5.11 Å². The minimum absolute atomic E-state index is 0.00388. The van der Waals surface area contributed by atoms with Crippen LogP contribution in [0, 0.1) is 0 Å². The highest BCUT2D eigenvalue weighted by Gasteiger charge is 2.16. The van der Waals surface area contributed by atoms with Gasteiger partial charge in [-0.05, 0) is 12.0 Å². The number of anilines is 2. The van der Waals surface area contributed by atoms with Gasteiger partial charge in [-0.15, -0.1) is 0 Å². The van der Waals surface area contributed by atoms with Gasteiger partial charge >= 0.3 is 0 Å².